The minimum atomic E-state index is -4.44. The van der Waals surface area contributed by atoms with Crippen LogP contribution in [0.2, 0.25) is 0 Å². The minimum Gasteiger partial charge on any atom is -0.356 e. The third-order valence-electron chi connectivity index (χ3n) is 12.8. The van der Waals surface area contributed by atoms with E-state index >= 15 is 0 Å². The van der Waals surface area contributed by atoms with Crippen LogP contribution in [-0.4, -0.2) is 68.2 Å². The third kappa shape index (κ3) is 10.2. The van der Waals surface area contributed by atoms with Gasteiger partial charge in [-0.25, -0.2) is 0 Å². The monoisotopic (exact) mass is 917 g/mol. The van der Waals surface area contributed by atoms with Crippen molar-refractivity contribution in [3.63, 3.8) is 0 Å². The van der Waals surface area contributed by atoms with E-state index in [9.17, 15) is 35.5 Å². The van der Waals surface area contributed by atoms with Crippen molar-refractivity contribution >= 4 is 54.8 Å². The van der Waals surface area contributed by atoms with Crippen LogP contribution in [0, 0.1) is 11.8 Å². The molecule has 3 aliphatic heterocycles. The van der Waals surface area contributed by atoms with Crippen LogP contribution in [0.3, 0.4) is 0 Å². The van der Waals surface area contributed by atoms with E-state index in [0.717, 1.165) is 82.0 Å². The maximum absolute atomic E-state index is 13.5. The topological polar surface area (TPSA) is 164 Å². The summed E-state index contributed by atoms with van der Waals surface area (Å²) >= 11 is 0. The van der Waals surface area contributed by atoms with Gasteiger partial charge in [0.25, 0.3) is 20.2 Å². The number of fused-ring (bicyclic) bond motifs is 4. The fourth-order valence-electron chi connectivity index (χ4n) is 9.23. The van der Waals surface area contributed by atoms with Gasteiger partial charge in [0.15, 0.2) is 5.71 Å². The summed E-state index contributed by atoms with van der Waals surface area (Å²) in [5.41, 5.74) is 7.40. The van der Waals surface area contributed by atoms with Gasteiger partial charge in [-0.3, -0.25) is 18.7 Å². The maximum Gasteiger partial charge on any atom is 0.294 e. The van der Waals surface area contributed by atoms with E-state index in [4.69, 9.17) is 0 Å². The van der Waals surface area contributed by atoms with Crippen LogP contribution in [0.5, 0.6) is 0 Å². The largest absolute Gasteiger partial charge is 0.356 e. The van der Waals surface area contributed by atoms with Crippen molar-refractivity contribution in [2.45, 2.75) is 106 Å². The fraction of sp³-hybridized carbons (Fsp3) is 0.353. The summed E-state index contributed by atoms with van der Waals surface area (Å²) in [6.07, 6.45) is 11.2. The average molecular weight is 918 g/mol. The molecule has 0 aliphatic carbocycles. The summed E-state index contributed by atoms with van der Waals surface area (Å²) in [6, 6.07) is 24.9. The Morgan fingerprint density at radius 2 is 1.37 bits per heavy atom. The second kappa shape index (κ2) is 18.9. The molecule has 0 fully saturated rings. The molecular formula is C51H57N4O8S2+. The average Bonchev–Trinajstić information content (AvgIpc) is 3.58. The van der Waals surface area contributed by atoms with Crippen LogP contribution < -0.4 is 15.1 Å². The molecule has 4 aromatic rings. The number of carbonyl (C=O) groups is 2. The lowest BCUT2D eigenvalue weighted by molar-refractivity contribution is -0.401. The first-order chi connectivity index (χ1) is 30.8. The molecule has 7 rings (SSSR count). The number of anilines is 2. The highest BCUT2D eigenvalue weighted by atomic mass is 32.2. The first kappa shape index (κ1) is 47.1. The Kier molecular flexibility index (Phi) is 13.7. The zero-order valence-corrected chi connectivity index (χ0v) is 39.2. The van der Waals surface area contributed by atoms with E-state index in [1.165, 1.54) is 24.3 Å². The smallest absolute Gasteiger partial charge is 0.294 e. The highest BCUT2D eigenvalue weighted by Gasteiger charge is 2.44. The van der Waals surface area contributed by atoms with Gasteiger partial charge >= 0.3 is 0 Å². The lowest BCUT2D eigenvalue weighted by Crippen LogP contribution is -2.31. The van der Waals surface area contributed by atoms with E-state index in [1.807, 2.05) is 111 Å². The Morgan fingerprint density at radius 1 is 0.738 bits per heavy atom. The number of para-hydroxylation sites is 1. The van der Waals surface area contributed by atoms with Gasteiger partial charge in [-0.1, -0.05) is 74.9 Å². The first-order valence-corrected chi connectivity index (χ1v) is 24.9. The molecule has 0 atom stereocenters. The van der Waals surface area contributed by atoms with Crippen LogP contribution in [0.15, 0.2) is 119 Å². The number of nitrogens with one attached hydrogen (secondary N) is 1. The second-order valence-corrected chi connectivity index (χ2v) is 20.8. The summed E-state index contributed by atoms with van der Waals surface area (Å²) in [5.74, 6) is 6.53. The normalized spacial score (nSPS) is 16.6. The Labute approximate surface area is 383 Å². The summed E-state index contributed by atoms with van der Waals surface area (Å²) in [5, 5.41) is 3.03. The zero-order chi connectivity index (χ0) is 46.7. The molecule has 340 valence electrons. The molecule has 3 N–H and O–H groups in total. The van der Waals surface area contributed by atoms with Gasteiger partial charge in [0, 0.05) is 71.6 Å². The van der Waals surface area contributed by atoms with Gasteiger partial charge < -0.3 is 15.1 Å². The molecule has 12 nitrogen and oxygen atoms in total. The molecule has 0 bridgehead atoms. The van der Waals surface area contributed by atoms with Crippen LogP contribution in [-0.2, 0) is 47.2 Å². The minimum absolute atomic E-state index is 0.0112. The third-order valence-corrected chi connectivity index (χ3v) is 14.5. The molecule has 3 heterocycles. The van der Waals surface area contributed by atoms with E-state index in [1.54, 1.807) is 12.1 Å². The quantitative estimate of drug-likeness (QED) is 0.0432. The zero-order valence-electron chi connectivity index (χ0n) is 37.6. The van der Waals surface area contributed by atoms with Gasteiger partial charge in [0.1, 0.15) is 7.05 Å². The van der Waals surface area contributed by atoms with Gasteiger partial charge in [-0.15, -0.1) is 0 Å². The highest BCUT2D eigenvalue weighted by molar-refractivity contribution is 7.86. The summed E-state index contributed by atoms with van der Waals surface area (Å²) in [4.78, 5) is 30.0. The lowest BCUT2D eigenvalue weighted by Gasteiger charge is -2.27. The Hall–Kier alpha value is -5.85. The summed E-state index contributed by atoms with van der Waals surface area (Å²) in [7, 11) is -6.91. The van der Waals surface area contributed by atoms with Crippen molar-refractivity contribution in [2.24, 2.45) is 0 Å². The maximum atomic E-state index is 13.5. The Morgan fingerprint density at radius 3 is 2.11 bits per heavy atom. The standard InChI is InChI=1S/C51H56N4O8S2/c1-50(2)41-33-39(64(58,59)60)27-29-44(41)53(5)46(50)21-16-22-47-51(3,4)42-34-40(65(61,62)63)28-30-45(42)54(47)32-15-7-8-23-48(56)52-31-14-6-9-24-49(57)55-35-38-19-11-10-17-36(38)25-26-37-18-12-13-20-43(37)55/h10-13,16-22,27-30,33-34H,6-9,14-15,23-24,31-32,35H2,1-5H3,(H2-,52,56,58,59,60,61,62,63)/p+1. The Bertz CT molecular complexity index is 2920. The van der Waals surface area contributed by atoms with Crippen LogP contribution >= 0.6 is 0 Å². The fourth-order valence-corrected chi connectivity index (χ4v) is 10.2. The van der Waals surface area contributed by atoms with Crippen LogP contribution in [0.25, 0.3) is 0 Å². The number of nitrogens with zero attached hydrogens (tertiary/aromatic N) is 3. The first-order valence-electron chi connectivity index (χ1n) is 22.1. The van der Waals surface area contributed by atoms with Gasteiger partial charge in [0.2, 0.25) is 17.5 Å². The van der Waals surface area contributed by atoms with Crippen molar-refractivity contribution in [1.82, 2.24) is 5.32 Å². The number of carbonyl (C=O) groups excluding carboxylic acids is 2. The van der Waals surface area contributed by atoms with E-state index in [0.29, 0.717) is 45.3 Å². The van der Waals surface area contributed by atoms with Crippen LogP contribution in [0.1, 0.15) is 107 Å². The molecule has 65 heavy (non-hydrogen) atoms. The number of allylic oxidation sites excluding steroid dienone is 4. The van der Waals surface area contributed by atoms with Crippen molar-refractivity contribution in [3.05, 3.63) is 137 Å². The van der Waals surface area contributed by atoms with Crippen molar-refractivity contribution in [2.75, 3.05) is 29.9 Å². The Balaban J connectivity index is 0.917. The number of benzene rings is 4. The molecule has 0 aromatic heterocycles. The number of unbranched alkanes of at least 4 members (excludes halogenated alkanes) is 4. The number of hydrogen-bond donors (Lipinski definition) is 3. The van der Waals surface area contributed by atoms with E-state index in [2.05, 4.69) is 22.1 Å². The predicted molar refractivity (Wildman–Crippen MR) is 254 cm³/mol. The molecule has 0 unspecified atom stereocenters. The van der Waals surface area contributed by atoms with Gasteiger partial charge in [0.05, 0.1) is 27.4 Å². The highest BCUT2D eigenvalue weighted by Crippen LogP contribution is 2.49. The molecule has 0 saturated heterocycles. The molecule has 0 spiro atoms. The summed E-state index contributed by atoms with van der Waals surface area (Å²) < 4.78 is 69.8. The SMILES string of the molecule is C[N+]1=C(C=CC=C2N(CCCCCC(=O)NCCCCCC(=O)N3Cc4ccccc4C#Cc4ccccc43)c3ccc(S(=O)(=O)O)cc3C2(C)C)C(C)(C)c2cc(S(=O)(=O)O)ccc21. The molecule has 0 radical (unpaired) electrons. The number of hydrogen-bond acceptors (Lipinski definition) is 7. The molecule has 0 saturated carbocycles. The molecular weight excluding hydrogens is 861 g/mol. The van der Waals surface area contributed by atoms with Crippen molar-refractivity contribution < 1.29 is 40.1 Å². The van der Waals surface area contributed by atoms with E-state index < -0.39 is 31.1 Å². The van der Waals surface area contributed by atoms with Gasteiger partial charge in [-0.2, -0.15) is 21.4 Å². The number of rotatable bonds is 16. The van der Waals surface area contributed by atoms with Crippen molar-refractivity contribution in [3.8, 4) is 11.8 Å². The van der Waals surface area contributed by atoms with Crippen LogP contribution in [0.4, 0.5) is 17.1 Å². The van der Waals surface area contributed by atoms with E-state index in [-0.39, 0.29) is 21.6 Å². The van der Waals surface area contributed by atoms with Crippen molar-refractivity contribution in [1.29, 1.82) is 0 Å². The lowest BCUT2D eigenvalue weighted by atomic mass is 9.81. The second-order valence-electron chi connectivity index (χ2n) is 17.9. The predicted octanol–water partition coefficient (Wildman–Crippen LogP) is 8.61. The molecule has 3 aliphatic rings. The molecule has 14 heteroatoms. The van der Waals surface area contributed by atoms with Gasteiger partial charge in [-0.05, 0) is 105 Å². The molecule has 4 aromatic carbocycles. The number of amides is 2. The summed E-state index contributed by atoms with van der Waals surface area (Å²) in [6.45, 7) is 9.62. The molecule has 2 amide bonds.